The fraction of sp³-hybridized carbons (Fsp3) is 0.625. The molecule has 0 saturated carbocycles. The first-order chi connectivity index (χ1) is 9.22. The molecule has 1 atom stereocenters. The Bertz CT molecular complexity index is 392. The van der Waals surface area contributed by atoms with E-state index in [1.165, 1.54) is 11.1 Å². The second kappa shape index (κ2) is 8.63. The van der Waals surface area contributed by atoms with E-state index in [1.54, 1.807) is 0 Å². The Morgan fingerprint density at radius 1 is 1.20 bits per heavy atom. The smallest absolute Gasteiger partial charge is 0.0449 e. The van der Waals surface area contributed by atoms with Crippen LogP contribution in [0.4, 0.5) is 0 Å². The minimum atomic E-state index is 0. The van der Waals surface area contributed by atoms with Crippen LogP contribution in [-0.4, -0.2) is 42.8 Å². The Hall–Kier alpha value is -0.610. The van der Waals surface area contributed by atoms with Crippen LogP contribution in [0.3, 0.4) is 0 Å². The third kappa shape index (κ3) is 4.45. The number of rotatable bonds is 5. The first-order valence-electron chi connectivity index (χ1n) is 7.38. The number of benzene rings is 1. The fourth-order valence-corrected chi connectivity index (χ4v) is 2.80. The van der Waals surface area contributed by atoms with Crippen molar-refractivity contribution in [1.82, 2.24) is 10.2 Å². The Balaban J connectivity index is 0.00000200. The maximum Gasteiger partial charge on any atom is 0.0449 e. The molecule has 1 aliphatic heterocycles. The van der Waals surface area contributed by atoms with Gasteiger partial charge in [-0.1, -0.05) is 38.1 Å². The second-order valence-corrected chi connectivity index (χ2v) is 5.64. The minimum absolute atomic E-state index is 0. The van der Waals surface area contributed by atoms with Crippen molar-refractivity contribution in [1.29, 1.82) is 0 Å². The van der Waals surface area contributed by atoms with Gasteiger partial charge in [-0.25, -0.2) is 0 Å². The van der Waals surface area contributed by atoms with Gasteiger partial charge in [-0.15, -0.1) is 12.4 Å². The molecular formula is C16H27ClN2O. The van der Waals surface area contributed by atoms with Crippen LogP contribution in [0.25, 0.3) is 0 Å². The van der Waals surface area contributed by atoms with Gasteiger partial charge in [0, 0.05) is 38.8 Å². The highest BCUT2D eigenvalue weighted by atomic mass is 35.5. The topological polar surface area (TPSA) is 35.5 Å². The third-order valence-corrected chi connectivity index (χ3v) is 3.96. The van der Waals surface area contributed by atoms with Crippen molar-refractivity contribution in [3.8, 4) is 0 Å². The third-order valence-electron chi connectivity index (χ3n) is 3.96. The number of hydrogen-bond donors (Lipinski definition) is 2. The van der Waals surface area contributed by atoms with E-state index in [9.17, 15) is 5.11 Å². The summed E-state index contributed by atoms with van der Waals surface area (Å²) in [4.78, 5) is 2.49. The van der Waals surface area contributed by atoms with Gasteiger partial charge in [0.2, 0.25) is 0 Å². The van der Waals surface area contributed by atoms with Gasteiger partial charge in [0.25, 0.3) is 0 Å². The predicted octanol–water partition coefficient (Wildman–Crippen LogP) is 2.56. The molecule has 0 radical (unpaired) electrons. The number of hydrogen-bond acceptors (Lipinski definition) is 3. The number of aliphatic hydroxyl groups excluding tert-OH is 1. The predicted molar refractivity (Wildman–Crippen MR) is 86.7 cm³/mol. The minimum Gasteiger partial charge on any atom is -0.396 e. The summed E-state index contributed by atoms with van der Waals surface area (Å²) in [5.41, 5.74) is 2.73. The van der Waals surface area contributed by atoms with Crippen LogP contribution in [0, 0.1) is 0 Å². The first-order valence-corrected chi connectivity index (χ1v) is 7.38. The van der Waals surface area contributed by atoms with Crippen molar-refractivity contribution >= 4 is 12.4 Å². The molecule has 0 unspecified atom stereocenters. The lowest BCUT2D eigenvalue weighted by molar-refractivity contribution is 0.141. The Labute approximate surface area is 128 Å². The van der Waals surface area contributed by atoms with Crippen LogP contribution < -0.4 is 5.32 Å². The Morgan fingerprint density at radius 2 is 1.85 bits per heavy atom. The van der Waals surface area contributed by atoms with Gasteiger partial charge < -0.3 is 10.4 Å². The first kappa shape index (κ1) is 17.4. The SMILES string of the molecule is CC(C)c1cccc([C@@H](CCO)N2CCNCC2)c1.Cl. The highest BCUT2D eigenvalue weighted by Gasteiger charge is 2.21. The summed E-state index contributed by atoms with van der Waals surface area (Å²) >= 11 is 0. The summed E-state index contributed by atoms with van der Waals surface area (Å²) in [6.45, 7) is 8.93. The number of nitrogens with zero attached hydrogens (tertiary/aromatic N) is 1. The van der Waals surface area contributed by atoms with E-state index >= 15 is 0 Å². The van der Waals surface area contributed by atoms with Gasteiger partial charge in [0.05, 0.1) is 0 Å². The summed E-state index contributed by atoms with van der Waals surface area (Å²) in [7, 11) is 0. The zero-order valence-corrected chi connectivity index (χ0v) is 13.3. The molecule has 0 amide bonds. The summed E-state index contributed by atoms with van der Waals surface area (Å²) in [6.07, 6.45) is 0.821. The monoisotopic (exact) mass is 298 g/mol. The van der Waals surface area contributed by atoms with Crippen molar-refractivity contribution < 1.29 is 5.11 Å². The maximum atomic E-state index is 9.36. The van der Waals surface area contributed by atoms with Gasteiger partial charge in [-0.05, 0) is 23.5 Å². The summed E-state index contributed by atoms with van der Waals surface area (Å²) in [5, 5.41) is 12.8. The molecule has 0 aliphatic carbocycles. The molecule has 114 valence electrons. The van der Waals surface area contributed by atoms with Crippen molar-refractivity contribution in [2.45, 2.75) is 32.2 Å². The van der Waals surface area contributed by atoms with Crippen LogP contribution in [-0.2, 0) is 0 Å². The standard InChI is InChI=1S/C16H26N2O.ClH/c1-13(2)14-4-3-5-15(12-14)16(6-11-19)18-9-7-17-8-10-18;/h3-5,12-13,16-17,19H,6-11H2,1-2H3;1H/t16-;/m1./s1. The van der Waals surface area contributed by atoms with Crippen molar-refractivity contribution in [2.24, 2.45) is 0 Å². The van der Waals surface area contributed by atoms with E-state index in [1.807, 2.05) is 0 Å². The van der Waals surface area contributed by atoms with E-state index in [0.717, 1.165) is 32.6 Å². The summed E-state index contributed by atoms with van der Waals surface area (Å²) in [6, 6.07) is 9.21. The highest BCUT2D eigenvalue weighted by Crippen LogP contribution is 2.27. The zero-order chi connectivity index (χ0) is 13.7. The molecule has 4 heteroatoms. The van der Waals surface area contributed by atoms with Gasteiger partial charge in [0.15, 0.2) is 0 Å². The lowest BCUT2D eigenvalue weighted by Gasteiger charge is -2.35. The van der Waals surface area contributed by atoms with Crippen molar-refractivity contribution in [2.75, 3.05) is 32.8 Å². The van der Waals surface area contributed by atoms with E-state index in [0.29, 0.717) is 12.0 Å². The van der Waals surface area contributed by atoms with Gasteiger partial charge >= 0.3 is 0 Å². The lowest BCUT2D eigenvalue weighted by Crippen LogP contribution is -2.45. The maximum absolute atomic E-state index is 9.36. The van der Waals surface area contributed by atoms with Gasteiger partial charge in [-0.3, -0.25) is 4.90 Å². The van der Waals surface area contributed by atoms with Gasteiger partial charge in [0.1, 0.15) is 0 Å². The van der Waals surface area contributed by atoms with E-state index in [4.69, 9.17) is 0 Å². The number of nitrogens with one attached hydrogen (secondary N) is 1. The van der Waals surface area contributed by atoms with Crippen molar-refractivity contribution in [3.05, 3.63) is 35.4 Å². The van der Waals surface area contributed by atoms with Crippen LogP contribution >= 0.6 is 12.4 Å². The van der Waals surface area contributed by atoms with E-state index in [2.05, 4.69) is 48.3 Å². The molecule has 2 N–H and O–H groups in total. The van der Waals surface area contributed by atoms with E-state index in [-0.39, 0.29) is 19.0 Å². The van der Waals surface area contributed by atoms with Crippen LogP contribution in [0.5, 0.6) is 0 Å². The lowest BCUT2D eigenvalue weighted by atomic mass is 9.95. The van der Waals surface area contributed by atoms with Crippen molar-refractivity contribution in [3.63, 3.8) is 0 Å². The molecule has 1 heterocycles. The summed E-state index contributed by atoms with van der Waals surface area (Å²) < 4.78 is 0. The Kier molecular flexibility index (Phi) is 7.52. The fourth-order valence-electron chi connectivity index (χ4n) is 2.80. The van der Waals surface area contributed by atoms with Crippen LogP contribution in [0.2, 0.25) is 0 Å². The number of aliphatic hydroxyl groups is 1. The molecule has 1 aliphatic rings. The molecule has 1 saturated heterocycles. The molecule has 0 spiro atoms. The molecule has 20 heavy (non-hydrogen) atoms. The molecule has 1 aromatic carbocycles. The quantitative estimate of drug-likeness (QED) is 0.877. The highest BCUT2D eigenvalue weighted by molar-refractivity contribution is 5.85. The Morgan fingerprint density at radius 3 is 2.45 bits per heavy atom. The average Bonchev–Trinajstić information content (AvgIpc) is 2.46. The van der Waals surface area contributed by atoms with Gasteiger partial charge in [-0.2, -0.15) is 0 Å². The second-order valence-electron chi connectivity index (χ2n) is 5.64. The van der Waals surface area contributed by atoms with Crippen LogP contribution in [0.1, 0.15) is 43.4 Å². The van der Waals surface area contributed by atoms with E-state index < -0.39 is 0 Å². The molecule has 2 rings (SSSR count). The normalized spacial score (nSPS) is 17.8. The molecule has 1 fully saturated rings. The number of halogens is 1. The largest absolute Gasteiger partial charge is 0.396 e. The molecule has 0 aromatic heterocycles. The average molecular weight is 299 g/mol. The molecule has 3 nitrogen and oxygen atoms in total. The molecular weight excluding hydrogens is 272 g/mol. The zero-order valence-electron chi connectivity index (χ0n) is 12.5. The molecule has 0 bridgehead atoms. The number of piperazine rings is 1. The summed E-state index contributed by atoms with van der Waals surface area (Å²) in [5.74, 6) is 0.553. The molecule has 1 aromatic rings. The van der Waals surface area contributed by atoms with Crippen LogP contribution in [0.15, 0.2) is 24.3 Å².